The van der Waals surface area contributed by atoms with Crippen LogP contribution in [-0.2, 0) is 14.8 Å². The lowest BCUT2D eigenvalue weighted by Gasteiger charge is -2.13. The molecule has 10 heteroatoms. The molecule has 1 saturated heterocycles. The van der Waals surface area contributed by atoms with Crippen molar-refractivity contribution < 1.29 is 17.9 Å². The maximum atomic E-state index is 12.8. The van der Waals surface area contributed by atoms with Gasteiger partial charge >= 0.3 is 0 Å². The van der Waals surface area contributed by atoms with Gasteiger partial charge in [0.1, 0.15) is 4.90 Å². The number of carbonyl (C=O) groups excluding carboxylic acids is 1. The van der Waals surface area contributed by atoms with E-state index in [0.29, 0.717) is 12.3 Å². The smallest absolute Gasteiger partial charge is 0.255 e. The van der Waals surface area contributed by atoms with Gasteiger partial charge in [-0.25, -0.2) is 18.1 Å². The van der Waals surface area contributed by atoms with Crippen molar-refractivity contribution in [1.29, 1.82) is 0 Å². The van der Waals surface area contributed by atoms with Crippen LogP contribution in [0, 0.1) is 6.92 Å². The molecule has 1 fully saturated rings. The Bertz CT molecular complexity index is 1240. The molecule has 7 nitrogen and oxygen atoms in total. The van der Waals surface area contributed by atoms with Gasteiger partial charge in [-0.15, -0.1) is 11.3 Å². The summed E-state index contributed by atoms with van der Waals surface area (Å²) in [6.07, 6.45) is 1.56. The highest BCUT2D eigenvalue weighted by molar-refractivity contribution is 7.89. The van der Waals surface area contributed by atoms with Crippen LogP contribution in [0.2, 0.25) is 5.02 Å². The Balaban J connectivity index is 1.51. The first-order valence-corrected chi connectivity index (χ1v) is 12.8. The number of hydrogen-bond donors (Lipinski definition) is 2. The van der Waals surface area contributed by atoms with Crippen LogP contribution in [0.4, 0.5) is 5.69 Å². The Morgan fingerprint density at radius 2 is 2.12 bits per heavy atom. The molecule has 1 amide bonds. The van der Waals surface area contributed by atoms with E-state index in [0.717, 1.165) is 29.1 Å². The standard InChI is InChI=1S/C22H22ClN3O4S2/c1-14-25-20(13-31-14)15-4-2-5-17(10-15)26-22(27)16-7-8-19(23)21(11-16)32(28,29)24-12-18-6-3-9-30-18/h2,4-5,7-8,10-11,13,18,24H,3,6,9,12H2,1H3,(H,26,27). The van der Waals surface area contributed by atoms with Crippen LogP contribution in [0.1, 0.15) is 28.2 Å². The van der Waals surface area contributed by atoms with E-state index in [-0.39, 0.29) is 28.1 Å². The third kappa shape index (κ3) is 5.36. The minimum absolute atomic E-state index is 0.0438. The van der Waals surface area contributed by atoms with Crippen molar-refractivity contribution in [1.82, 2.24) is 9.71 Å². The van der Waals surface area contributed by atoms with Gasteiger partial charge in [-0.05, 0) is 50.1 Å². The minimum atomic E-state index is -3.90. The maximum absolute atomic E-state index is 12.8. The summed E-state index contributed by atoms with van der Waals surface area (Å²) in [5.41, 5.74) is 2.47. The largest absolute Gasteiger partial charge is 0.377 e. The predicted octanol–water partition coefficient (Wildman–Crippen LogP) is 4.48. The molecule has 2 N–H and O–H groups in total. The third-order valence-corrected chi connectivity index (χ3v) is 7.72. The molecule has 2 heterocycles. The Morgan fingerprint density at radius 1 is 1.28 bits per heavy atom. The van der Waals surface area contributed by atoms with Gasteiger partial charge in [0, 0.05) is 35.3 Å². The first-order valence-electron chi connectivity index (χ1n) is 10.1. The first kappa shape index (κ1) is 22.9. The number of sulfonamides is 1. The van der Waals surface area contributed by atoms with Crippen LogP contribution < -0.4 is 10.0 Å². The predicted molar refractivity (Wildman–Crippen MR) is 126 cm³/mol. The van der Waals surface area contributed by atoms with E-state index in [1.807, 2.05) is 30.5 Å². The summed E-state index contributed by atoms with van der Waals surface area (Å²) < 4.78 is 33.5. The summed E-state index contributed by atoms with van der Waals surface area (Å²) in [5.74, 6) is -0.441. The molecule has 2 aromatic carbocycles. The quantitative estimate of drug-likeness (QED) is 0.507. The number of ether oxygens (including phenoxy) is 1. The number of carbonyl (C=O) groups is 1. The number of nitrogens with one attached hydrogen (secondary N) is 2. The molecule has 0 spiro atoms. The van der Waals surface area contributed by atoms with E-state index >= 15 is 0 Å². The minimum Gasteiger partial charge on any atom is -0.377 e. The fraction of sp³-hybridized carbons (Fsp3) is 0.273. The lowest BCUT2D eigenvalue weighted by molar-refractivity contribution is 0.102. The lowest BCUT2D eigenvalue weighted by Crippen LogP contribution is -2.32. The van der Waals surface area contributed by atoms with Gasteiger partial charge in [-0.1, -0.05) is 23.7 Å². The number of thiazole rings is 1. The molecule has 168 valence electrons. The van der Waals surface area contributed by atoms with Crippen molar-refractivity contribution >= 4 is 44.6 Å². The molecule has 1 aliphatic rings. The summed E-state index contributed by atoms with van der Waals surface area (Å²) in [7, 11) is -3.90. The second-order valence-electron chi connectivity index (χ2n) is 7.42. The van der Waals surface area contributed by atoms with Gasteiger partial charge in [0.15, 0.2) is 0 Å². The van der Waals surface area contributed by atoms with Gasteiger partial charge in [0.05, 0.1) is 21.8 Å². The number of benzene rings is 2. The molecule has 1 unspecified atom stereocenters. The Hall–Kier alpha value is -2.30. The molecular weight excluding hydrogens is 470 g/mol. The monoisotopic (exact) mass is 491 g/mol. The van der Waals surface area contributed by atoms with E-state index in [4.69, 9.17) is 16.3 Å². The fourth-order valence-electron chi connectivity index (χ4n) is 3.39. The highest BCUT2D eigenvalue weighted by atomic mass is 35.5. The number of hydrogen-bond acceptors (Lipinski definition) is 6. The molecule has 3 aromatic rings. The Morgan fingerprint density at radius 3 is 2.84 bits per heavy atom. The number of anilines is 1. The Kier molecular flexibility index (Phi) is 6.92. The third-order valence-electron chi connectivity index (χ3n) is 5.04. The lowest BCUT2D eigenvalue weighted by atomic mass is 10.1. The van der Waals surface area contributed by atoms with Crippen molar-refractivity contribution in [3.63, 3.8) is 0 Å². The van der Waals surface area contributed by atoms with E-state index in [2.05, 4.69) is 15.0 Å². The number of aryl methyl sites for hydroxylation is 1. The topological polar surface area (TPSA) is 97.4 Å². The zero-order valence-electron chi connectivity index (χ0n) is 17.3. The second-order valence-corrected chi connectivity index (χ2v) is 10.6. The van der Waals surface area contributed by atoms with Crippen molar-refractivity contribution in [3.05, 3.63) is 63.4 Å². The molecule has 32 heavy (non-hydrogen) atoms. The number of halogens is 1. The first-order chi connectivity index (χ1) is 15.3. The van der Waals surface area contributed by atoms with Crippen molar-refractivity contribution in [2.45, 2.75) is 30.8 Å². The molecule has 1 aliphatic heterocycles. The zero-order valence-corrected chi connectivity index (χ0v) is 19.7. The van der Waals surface area contributed by atoms with Crippen LogP contribution in [0.25, 0.3) is 11.3 Å². The molecule has 1 atom stereocenters. The molecule has 4 rings (SSSR count). The van der Waals surface area contributed by atoms with Gasteiger partial charge in [0.2, 0.25) is 10.0 Å². The molecule has 1 aromatic heterocycles. The summed E-state index contributed by atoms with van der Waals surface area (Å²) in [4.78, 5) is 17.1. The number of aromatic nitrogens is 1. The van der Waals surface area contributed by atoms with Crippen molar-refractivity contribution in [2.75, 3.05) is 18.5 Å². The van der Waals surface area contributed by atoms with Crippen molar-refractivity contribution in [3.8, 4) is 11.3 Å². The van der Waals surface area contributed by atoms with Gasteiger partial charge in [0.25, 0.3) is 5.91 Å². The van der Waals surface area contributed by atoms with Crippen LogP contribution in [0.3, 0.4) is 0 Å². The average molecular weight is 492 g/mol. The van der Waals surface area contributed by atoms with E-state index < -0.39 is 15.9 Å². The zero-order chi connectivity index (χ0) is 22.7. The van der Waals surface area contributed by atoms with Crippen LogP contribution in [0.15, 0.2) is 52.7 Å². The van der Waals surface area contributed by atoms with Crippen LogP contribution in [-0.4, -0.2) is 38.6 Å². The summed E-state index contributed by atoms with van der Waals surface area (Å²) in [6, 6.07) is 11.5. The molecule has 0 bridgehead atoms. The normalized spacial score (nSPS) is 16.2. The van der Waals surface area contributed by atoms with Crippen LogP contribution in [0.5, 0.6) is 0 Å². The van der Waals surface area contributed by atoms with Crippen molar-refractivity contribution in [2.24, 2.45) is 0 Å². The van der Waals surface area contributed by atoms with Crippen LogP contribution >= 0.6 is 22.9 Å². The SMILES string of the molecule is Cc1nc(-c2cccc(NC(=O)c3ccc(Cl)c(S(=O)(=O)NCC4CCCO4)c3)c2)cs1. The molecular formula is C22H22ClN3O4S2. The molecule has 0 aliphatic carbocycles. The fourth-order valence-corrected chi connectivity index (χ4v) is 5.60. The van der Waals surface area contributed by atoms with E-state index in [1.54, 1.807) is 17.4 Å². The molecule has 0 radical (unpaired) electrons. The average Bonchev–Trinajstić information content (AvgIpc) is 3.44. The number of nitrogens with zero attached hydrogens (tertiary/aromatic N) is 1. The van der Waals surface area contributed by atoms with Gasteiger partial charge in [-0.3, -0.25) is 4.79 Å². The number of amides is 1. The van der Waals surface area contributed by atoms with Gasteiger partial charge in [-0.2, -0.15) is 0 Å². The summed E-state index contributed by atoms with van der Waals surface area (Å²) in [5, 5.41) is 5.76. The highest BCUT2D eigenvalue weighted by Crippen LogP contribution is 2.26. The number of rotatable bonds is 7. The maximum Gasteiger partial charge on any atom is 0.255 e. The summed E-state index contributed by atoms with van der Waals surface area (Å²) in [6.45, 7) is 2.73. The van der Waals surface area contributed by atoms with E-state index in [9.17, 15) is 13.2 Å². The van der Waals surface area contributed by atoms with E-state index in [1.165, 1.54) is 18.2 Å². The Labute approximate surface area is 195 Å². The second kappa shape index (κ2) is 9.68. The summed E-state index contributed by atoms with van der Waals surface area (Å²) >= 11 is 7.69. The van der Waals surface area contributed by atoms with Gasteiger partial charge < -0.3 is 10.1 Å². The highest BCUT2D eigenvalue weighted by Gasteiger charge is 2.23. The molecule has 0 saturated carbocycles.